The zero-order valence-electron chi connectivity index (χ0n) is 11.2. The van der Waals surface area contributed by atoms with Gasteiger partial charge in [0.25, 0.3) is 5.69 Å². The topological polar surface area (TPSA) is 172 Å². The lowest BCUT2D eigenvalue weighted by Gasteiger charge is -1.99. The zero-order valence-corrected chi connectivity index (χ0v) is 11.2. The largest absolute Gasteiger partial charge is 0.507 e. The van der Waals surface area contributed by atoms with Gasteiger partial charge in [-0.25, -0.2) is 4.79 Å². The molecule has 11 heteroatoms. The third-order valence-electron chi connectivity index (χ3n) is 2.78. The number of nitro groups is 2. The normalized spacial score (nSPS) is 10.8. The molecule has 0 saturated heterocycles. The predicted molar refractivity (Wildman–Crippen MR) is 78.0 cm³/mol. The van der Waals surface area contributed by atoms with E-state index in [1.54, 1.807) is 4.98 Å². The summed E-state index contributed by atoms with van der Waals surface area (Å²) in [4.78, 5) is 46.3. The number of phenols is 1. The van der Waals surface area contributed by atoms with Crippen LogP contribution in [0.2, 0.25) is 0 Å². The molecule has 1 aromatic carbocycles. The van der Waals surface area contributed by atoms with E-state index in [-0.39, 0.29) is 17.0 Å². The molecule has 0 aliphatic carbocycles. The van der Waals surface area contributed by atoms with Gasteiger partial charge >= 0.3 is 16.9 Å². The lowest BCUT2D eigenvalue weighted by molar-refractivity contribution is -0.386. The first-order chi connectivity index (χ1) is 10.8. The minimum Gasteiger partial charge on any atom is -0.507 e. The van der Waals surface area contributed by atoms with E-state index in [2.05, 4.69) is 4.98 Å². The number of non-ortho nitro benzene ring substituents is 1. The number of aromatic amines is 2. The van der Waals surface area contributed by atoms with Gasteiger partial charge < -0.3 is 10.1 Å². The number of aromatic hydroxyl groups is 1. The van der Waals surface area contributed by atoms with Gasteiger partial charge in [-0.2, -0.15) is 0 Å². The van der Waals surface area contributed by atoms with Crippen molar-refractivity contribution in [3.63, 3.8) is 0 Å². The van der Waals surface area contributed by atoms with Crippen LogP contribution in [0, 0.1) is 20.2 Å². The van der Waals surface area contributed by atoms with Crippen LogP contribution in [0.25, 0.3) is 12.2 Å². The summed E-state index contributed by atoms with van der Waals surface area (Å²) >= 11 is 0. The van der Waals surface area contributed by atoms with Crippen molar-refractivity contribution in [3.8, 4) is 5.75 Å². The molecule has 1 aromatic heterocycles. The second kappa shape index (κ2) is 5.93. The van der Waals surface area contributed by atoms with Crippen molar-refractivity contribution in [3.05, 3.63) is 70.5 Å². The molecule has 2 aromatic rings. The summed E-state index contributed by atoms with van der Waals surface area (Å²) in [6.45, 7) is 0. The maximum atomic E-state index is 11.4. The number of hydrogen-bond donors (Lipinski definition) is 3. The minimum absolute atomic E-state index is 0.0189. The standard InChI is InChI=1S/C12H8N4O7/c17-9-4-2-7(15(20)21)5-6(9)1-3-8-10(16(22)23)11(18)14-12(19)13-8/h1-5,17H,(H2,13,14,18,19)/b3-1+. The van der Waals surface area contributed by atoms with Crippen LogP contribution in [-0.4, -0.2) is 24.9 Å². The van der Waals surface area contributed by atoms with Crippen LogP contribution < -0.4 is 11.2 Å². The summed E-state index contributed by atoms with van der Waals surface area (Å²) < 4.78 is 0. The van der Waals surface area contributed by atoms with Crippen LogP contribution in [0.4, 0.5) is 11.4 Å². The smallest absolute Gasteiger partial charge is 0.357 e. The Balaban J connectivity index is 2.55. The molecule has 11 nitrogen and oxygen atoms in total. The molecule has 0 fully saturated rings. The van der Waals surface area contributed by atoms with E-state index in [0.29, 0.717) is 0 Å². The highest BCUT2D eigenvalue weighted by atomic mass is 16.6. The van der Waals surface area contributed by atoms with Crippen LogP contribution in [0.15, 0.2) is 27.8 Å². The third-order valence-corrected chi connectivity index (χ3v) is 2.78. The maximum Gasteiger partial charge on any atom is 0.357 e. The molecule has 0 bridgehead atoms. The lowest BCUT2D eigenvalue weighted by atomic mass is 10.1. The molecular formula is C12H8N4O7. The number of aromatic nitrogens is 2. The molecule has 118 valence electrons. The second-order valence-electron chi connectivity index (χ2n) is 4.26. The molecule has 0 atom stereocenters. The summed E-state index contributed by atoms with van der Waals surface area (Å²) in [5.74, 6) is -0.318. The van der Waals surface area contributed by atoms with Crippen LogP contribution in [0.3, 0.4) is 0 Å². The molecule has 0 aliphatic heterocycles. The SMILES string of the molecule is O=c1[nH]c(/C=C/c2cc([N+](=O)[O-])ccc2O)c([N+](=O)[O-])c(=O)[nH]1. The van der Waals surface area contributed by atoms with E-state index >= 15 is 0 Å². The highest BCUT2D eigenvalue weighted by Crippen LogP contribution is 2.25. The second-order valence-corrected chi connectivity index (χ2v) is 4.26. The van der Waals surface area contributed by atoms with Crippen molar-refractivity contribution < 1.29 is 15.0 Å². The van der Waals surface area contributed by atoms with Gasteiger partial charge in [0.1, 0.15) is 11.4 Å². The molecular weight excluding hydrogens is 312 g/mol. The van der Waals surface area contributed by atoms with Gasteiger partial charge in [0.2, 0.25) is 0 Å². The molecule has 0 unspecified atom stereocenters. The van der Waals surface area contributed by atoms with Crippen molar-refractivity contribution in [1.82, 2.24) is 9.97 Å². The predicted octanol–water partition coefficient (Wildman–Crippen LogP) is 0.756. The highest BCUT2D eigenvalue weighted by molar-refractivity contribution is 5.75. The van der Waals surface area contributed by atoms with Crippen molar-refractivity contribution in [2.45, 2.75) is 0 Å². The number of benzene rings is 1. The average molecular weight is 320 g/mol. The van der Waals surface area contributed by atoms with E-state index in [1.165, 1.54) is 0 Å². The summed E-state index contributed by atoms with van der Waals surface area (Å²) in [5.41, 5.74) is -3.78. The van der Waals surface area contributed by atoms with E-state index in [9.17, 15) is 34.9 Å². The summed E-state index contributed by atoms with van der Waals surface area (Å²) in [6, 6.07) is 3.18. The van der Waals surface area contributed by atoms with Crippen molar-refractivity contribution >= 4 is 23.5 Å². The Hall–Kier alpha value is -3.76. The van der Waals surface area contributed by atoms with Crippen molar-refractivity contribution in [1.29, 1.82) is 0 Å². The third kappa shape index (κ3) is 3.29. The molecule has 0 aliphatic rings. The maximum absolute atomic E-state index is 11.4. The van der Waals surface area contributed by atoms with Gasteiger partial charge in [0.05, 0.1) is 9.85 Å². The Bertz CT molecular complexity index is 941. The number of rotatable bonds is 4. The number of nitrogens with zero attached hydrogens (tertiary/aromatic N) is 2. The Morgan fingerprint density at radius 3 is 2.35 bits per heavy atom. The van der Waals surface area contributed by atoms with Crippen molar-refractivity contribution in [2.75, 3.05) is 0 Å². The van der Waals surface area contributed by atoms with E-state index in [0.717, 1.165) is 30.4 Å². The van der Waals surface area contributed by atoms with E-state index < -0.39 is 32.5 Å². The Morgan fingerprint density at radius 1 is 1.04 bits per heavy atom. The fourth-order valence-corrected chi connectivity index (χ4v) is 1.76. The fraction of sp³-hybridized carbons (Fsp3) is 0. The summed E-state index contributed by atoms with van der Waals surface area (Å²) in [5, 5.41) is 31.2. The first kappa shape index (κ1) is 15.6. The van der Waals surface area contributed by atoms with Gasteiger partial charge in [-0.15, -0.1) is 0 Å². The first-order valence-corrected chi connectivity index (χ1v) is 5.96. The van der Waals surface area contributed by atoms with Gasteiger partial charge in [-0.05, 0) is 18.2 Å². The zero-order chi connectivity index (χ0) is 17.1. The average Bonchev–Trinajstić information content (AvgIpc) is 2.44. The van der Waals surface area contributed by atoms with Gasteiger partial charge in [-0.1, -0.05) is 0 Å². The molecule has 23 heavy (non-hydrogen) atoms. The number of hydrogen-bond acceptors (Lipinski definition) is 7. The summed E-state index contributed by atoms with van der Waals surface area (Å²) in [7, 11) is 0. The molecule has 1 heterocycles. The van der Waals surface area contributed by atoms with Gasteiger partial charge in [0, 0.05) is 17.7 Å². The molecule has 0 spiro atoms. The van der Waals surface area contributed by atoms with Gasteiger partial charge in [0.15, 0.2) is 0 Å². The number of H-pyrrole nitrogens is 2. The monoisotopic (exact) mass is 320 g/mol. The Morgan fingerprint density at radius 2 is 1.74 bits per heavy atom. The lowest BCUT2D eigenvalue weighted by Crippen LogP contribution is -2.25. The van der Waals surface area contributed by atoms with Crippen LogP contribution in [0.1, 0.15) is 11.3 Å². The van der Waals surface area contributed by atoms with Crippen LogP contribution in [-0.2, 0) is 0 Å². The molecule has 0 radical (unpaired) electrons. The van der Waals surface area contributed by atoms with Crippen molar-refractivity contribution in [2.24, 2.45) is 0 Å². The number of nitrogens with one attached hydrogen (secondary N) is 2. The Kier molecular flexibility index (Phi) is 4.03. The number of nitro benzene ring substituents is 1. The highest BCUT2D eigenvalue weighted by Gasteiger charge is 2.19. The first-order valence-electron chi connectivity index (χ1n) is 5.96. The molecule has 2 rings (SSSR count). The van der Waals surface area contributed by atoms with Crippen LogP contribution in [0.5, 0.6) is 5.75 Å². The molecule has 0 amide bonds. The fourth-order valence-electron chi connectivity index (χ4n) is 1.76. The van der Waals surface area contributed by atoms with E-state index in [4.69, 9.17) is 0 Å². The quantitative estimate of drug-likeness (QED) is 0.550. The number of phenolic OH excluding ortho intramolecular Hbond substituents is 1. The molecule has 0 saturated carbocycles. The van der Waals surface area contributed by atoms with Crippen LogP contribution >= 0.6 is 0 Å². The van der Waals surface area contributed by atoms with E-state index in [1.807, 2.05) is 0 Å². The minimum atomic E-state index is -1.19. The molecule has 3 N–H and O–H groups in total. The Labute approximate surface area is 125 Å². The van der Waals surface area contributed by atoms with Gasteiger partial charge in [-0.3, -0.25) is 30.0 Å². The summed E-state index contributed by atoms with van der Waals surface area (Å²) in [6.07, 6.45) is 2.09.